The van der Waals surface area contributed by atoms with E-state index in [1.807, 2.05) is 4.90 Å². The van der Waals surface area contributed by atoms with Crippen molar-refractivity contribution < 1.29 is 37.3 Å². The fraction of sp³-hybridized carbons (Fsp3) is 0.667. The first kappa shape index (κ1) is 29.0. The number of aliphatic hydroxyl groups excluding tert-OH is 1. The van der Waals surface area contributed by atoms with E-state index < -0.39 is 33.7 Å². The summed E-state index contributed by atoms with van der Waals surface area (Å²) in [5, 5.41) is 18.5. The van der Waals surface area contributed by atoms with Crippen molar-refractivity contribution in [1.82, 2.24) is 10.2 Å². The van der Waals surface area contributed by atoms with Crippen molar-refractivity contribution >= 4 is 27.7 Å². The van der Waals surface area contributed by atoms with E-state index in [0.29, 0.717) is 56.3 Å². The standard InChI is InChI=1S/C24H38N4O8S/c1-24(2,3)36-23(31)27(4)17-12-18(21-20(13-17)34-9-10-35-21)22(30)26-14-16-6-8-28(15-19(16)29)7-5-11-37(25,32)33/h12-13,16,19,29H,5-11,14-15H2,1-4H3,(H,26,30)(H2,25,32,33)/t16-,19+/m0/s1. The molecule has 1 aromatic carbocycles. The monoisotopic (exact) mass is 542 g/mol. The van der Waals surface area contributed by atoms with Crippen LogP contribution in [0.3, 0.4) is 0 Å². The number of fused-ring (bicyclic) bond motifs is 1. The molecule has 3 rings (SSSR count). The number of nitrogens with one attached hydrogen (secondary N) is 1. The molecule has 0 saturated carbocycles. The third-order valence-electron chi connectivity index (χ3n) is 6.16. The zero-order valence-corrected chi connectivity index (χ0v) is 22.7. The van der Waals surface area contributed by atoms with Gasteiger partial charge in [0.2, 0.25) is 10.0 Å². The van der Waals surface area contributed by atoms with Gasteiger partial charge in [-0.1, -0.05) is 0 Å². The SMILES string of the molecule is CN(C(=O)OC(C)(C)C)c1cc2c(c(C(=O)NC[C@@H]3CCN(CCCS(N)(=O)=O)C[C@H]3O)c1)OCCO2. The zero-order valence-electron chi connectivity index (χ0n) is 21.9. The number of carbonyl (C=O) groups is 2. The van der Waals surface area contributed by atoms with Crippen molar-refractivity contribution in [2.75, 3.05) is 57.1 Å². The Labute approximate surface area is 218 Å². The van der Waals surface area contributed by atoms with Gasteiger partial charge < -0.3 is 29.5 Å². The summed E-state index contributed by atoms with van der Waals surface area (Å²) in [7, 11) is -1.96. The number of primary sulfonamides is 1. The van der Waals surface area contributed by atoms with Gasteiger partial charge in [0.05, 0.1) is 23.1 Å². The number of aliphatic hydroxyl groups is 1. The number of β-amino-alcohol motifs (C(OH)–C–C–N with tert-alkyl or cyclic N) is 1. The number of piperidine rings is 1. The summed E-state index contributed by atoms with van der Waals surface area (Å²) in [6, 6.07) is 3.18. The highest BCUT2D eigenvalue weighted by Gasteiger charge is 2.30. The highest BCUT2D eigenvalue weighted by molar-refractivity contribution is 7.89. The van der Waals surface area contributed by atoms with Gasteiger partial charge in [0.25, 0.3) is 5.91 Å². The lowest BCUT2D eigenvalue weighted by Gasteiger charge is -2.36. The topological polar surface area (TPSA) is 161 Å². The Balaban J connectivity index is 1.64. The molecule has 1 fully saturated rings. The van der Waals surface area contributed by atoms with Crippen LogP contribution in [0.2, 0.25) is 0 Å². The van der Waals surface area contributed by atoms with Gasteiger partial charge in [-0.2, -0.15) is 0 Å². The Kier molecular flexibility index (Phi) is 9.27. The van der Waals surface area contributed by atoms with Crippen molar-refractivity contribution in [2.24, 2.45) is 11.1 Å². The predicted molar refractivity (Wildman–Crippen MR) is 138 cm³/mol. The molecule has 0 bridgehead atoms. The lowest BCUT2D eigenvalue weighted by Crippen LogP contribution is -2.48. The second-order valence-corrected chi connectivity index (χ2v) is 12.1. The number of nitrogens with two attached hydrogens (primary N) is 1. The maximum absolute atomic E-state index is 13.2. The molecule has 2 amide bonds. The number of amides is 2. The summed E-state index contributed by atoms with van der Waals surface area (Å²) in [4.78, 5) is 29.1. The maximum atomic E-state index is 13.2. The van der Waals surface area contributed by atoms with Crippen LogP contribution in [0.1, 0.15) is 44.0 Å². The highest BCUT2D eigenvalue weighted by atomic mass is 32.2. The van der Waals surface area contributed by atoms with Crippen molar-refractivity contribution in [3.63, 3.8) is 0 Å². The Bertz CT molecular complexity index is 1090. The van der Waals surface area contributed by atoms with Crippen LogP contribution in [0.4, 0.5) is 10.5 Å². The molecular weight excluding hydrogens is 504 g/mol. The van der Waals surface area contributed by atoms with Crippen molar-refractivity contribution in [2.45, 2.75) is 45.3 Å². The number of sulfonamides is 1. The fourth-order valence-corrected chi connectivity index (χ4v) is 4.76. The number of nitrogens with zero attached hydrogens (tertiary/aromatic N) is 2. The van der Waals surface area contributed by atoms with Crippen LogP contribution in [0.5, 0.6) is 11.5 Å². The van der Waals surface area contributed by atoms with Crippen molar-refractivity contribution in [3.8, 4) is 11.5 Å². The van der Waals surface area contributed by atoms with E-state index in [1.54, 1.807) is 40.0 Å². The molecule has 0 spiro atoms. The summed E-state index contributed by atoms with van der Waals surface area (Å²) in [5.74, 6) is -0.0207. The zero-order chi connectivity index (χ0) is 27.4. The molecule has 2 heterocycles. The molecule has 0 aliphatic carbocycles. The van der Waals surface area contributed by atoms with E-state index >= 15 is 0 Å². The number of hydrogen-bond acceptors (Lipinski definition) is 9. The first-order valence-corrected chi connectivity index (χ1v) is 14.0. The minimum Gasteiger partial charge on any atom is -0.486 e. The lowest BCUT2D eigenvalue weighted by atomic mass is 9.93. The number of rotatable bonds is 8. The van der Waals surface area contributed by atoms with Crippen molar-refractivity contribution in [1.29, 1.82) is 0 Å². The number of ether oxygens (including phenoxy) is 3. The van der Waals surface area contributed by atoms with Crippen LogP contribution in [-0.2, 0) is 14.8 Å². The molecule has 1 aromatic rings. The predicted octanol–water partition coefficient (Wildman–Crippen LogP) is 0.920. The van der Waals surface area contributed by atoms with E-state index in [9.17, 15) is 23.1 Å². The Morgan fingerprint density at radius 1 is 1.27 bits per heavy atom. The van der Waals surface area contributed by atoms with Gasteiger partial charge in [-0.05, 0) is 52.8 Å². The van der Waals surface area contributed by atoms with Crippen LogP contribution in [0, 0.1) is 5.92 Å². The van der Waals surface area contributed by atoms with Gasteiger partial charge in [-0.3, -0.25) is 9.69 Å². The smallest absolute Gasteiger partial charge is 0.414 e. The molecule has 208 valence electrons. The summed E-state index contributed by atoms with van der Waals surface area (Å²) in [5.41, 5.74) is -0.0493. The molecule has 2 aliphatic rings. The van der Waals surface area contributed by atoms with E-state index in [1.165, 1.54) is 4.90 Å². The Morgan fingerprint density at radius 2 is 1.97 bits per heavy atom. The first-order valence-electron chi connectivity index (χ1n) is 12.3. The van der Waals surface area contributed by atoms with Crippen LogP contribution in [0.15, 0.2) is 12.1 Å². The van der Waals surface area contributed by atoms with Gasteiger partial charge in [0, 0.05) is 32.1 Å². The number of likely N-dealkylation sites (tertiary alicyclic amines) is 1. The number of benzene rings is 1. The molecule has 1 saturated heterocycles. The van der Waals surface area contributed by atoms with Gasteiger partial charge in [0.15, 0.2) is 11.5 Å². The Hall–Kier alpha value is -2.61. The second-order valence-electron chi connectivity index (χ2n) is 10.4. The third-order valence-corrected chi connectivity index (χ3v) is 7.02. The summed E-state index contributed by atoms with van der Waals surface area (Å²) in [6.45, 7) is 7.73. The van der Waals surface area contributed by atoms with Gasteiger partial charge in [-0.25, -0.2) is 18.4 Å². The maximum Gasteiger partial charge on any atom is 0.414 e. The molecule has 2 aliphatic heterocycles. The second kappa shape index (κ2) is 11.8. The number of hydrogen-bond donors (Lipinski definition) is 3. The quantitative estimate of drug-likeness (QED) is 0.434. The lowest BCUT2D eigenvalue weighted by molar-refractivity contribution is 0.0223. The normalized spacial score (nSPS) is 20.3. The molecule has 0 radical (unpaired) electrons. The largest absolute Gasteiger partial charge is 0.486 e. The average molecular weight is 543 g/mol. The summed E-state index contributed by atoms with van der Waals surface area (Å²) in [6.07, 6.45) is -0.222. The van der Waals surface area contributed by atoms with Gasteiger partial charge >= 0.3 is 6.09 Å². The van der Waals surface area contributed by atoms with Gasteiger partial charge in [-0.15, -0.1) is 0 Å². The molecule has 0 unspecified atom stereocenters. The Morgan fingerprint density at radius 3 is 2.62 bits per heavy atom. The van der Waals surface area contributed by atoms with Crippen LogP contribution < -0.4 is 24.8 Å². The van der Waals surface area contributed by atoms with E-state index in [2.05, 4.69) is 5.32 Å². The molecular formula is C24H38N4O8S. The minimum absolute atomic E-state index is 0.0998. The average Bonchev–Trinajstić information content (AvgIpc) is 2.80. The molecule has 4 N–H and O–H groups in total. The molecule has 12 nitrogen and oxygen atoms in total. The van der Waals surface area contributed by atoms with Crippen molar-refractivity contribution in [3.05, 3.63) is 17.7 Å². The highest BCUT2D eigenvalue weighted by Crippen LogP contribution is 2.38. The first-order chi connectivity index (χ1) is 17.2. The number of anilines is 1. The number of carbonyl (C=O) groups excluding carboxylic acids is 2. The molecule has 13 heteroatoms. The third kappa shape index (κ3) is 8.45. The summed E-state index contributed by atoms with van der Waals surface area (Å²) >= 11 is 0. The van der Waals surface area contributed by atoms with Crippen LogP contribution in [-0.4, -0.2) is 94.3 Å². The molecule has 37 heavy (non-hydrogen) atoms. The molecule has 2 atom stereocenters. The van der Waals surface area contributed by atoms with E-state index in [0.717, 1.165) is 0 Å². The van der Waals surface area contributed by atoms with E-state index in [4.69, 9.17) is 19.3 Å². The van der Waals surface area contributed by atoms with E-state index in [-0.39, 0.29) is 30.4 Å². The van der Waals surface area contributed by atoms with Gasteiger partial charge in [0.1, 0.15) is 18.8 Å². The molecule has 0 aromatic heterocycles. The fourth-order valence-electron chi connectivity index (χ4n) is 4.23. The minimum atomic E-state index is -3.51. The summed E-state index contributed by atoms with van der Waals surface area (Å²) < 4.78 is 39.1. The van der Waals surface area contributed by atoms with Crippen LogP contribution >= 0.6 is 0 Å². The van der Waals surface area contributed by atoms with Crippen LogP contribution in [0.25, 0.3) is 0 Å².